The number of anilines is 1. The van der Waals surface area contributed by atoms with E-state index in [0.29, 0.717) is 18.8 Å². The molecule has 0 saturated heterocycles. The summed E-state index contributed by atoms with van der Waals surface area (Å²) in [4.78, 5) is 10.3. The van der Waals surface area contributed by atoms with Gasteiger partial charge in [0.15, 0.2) is 0 Å². The predicted octanol–water partition coefficient (Wildman–Crippen LogP) is 3.49. The van der Waals surface area contributed by atoms with Crippen LogP contribution >= 0.6 is 0 Å². The topological polar surface area (TPSA) is 64.4 Å². The Labute approximate surface area is 121 Å². The minimum atomic E-state index is -0.629. The minimum absolute atomic E-state index is 0.272. The van der Waals surface area contributed by atoms with Crippen molar-refractivity contribution >= 4 is 11.4 Å². The highest BCUT2D eigenvalue weighted by Crippen LogP contribution is 2.25. The Morgan fingerprint density at radius 3 is 2.48 bits per heavy atom. The van der Waals surface area contributed by atoms with Gasteiger partial charge in [0.2, 0.25) is 0 Å². The van der Waals surface area contributed by atoms with Crippen molar-refractivity contribution in [3.8, 4) is 0 Å². The number of rotatable bonds is 6. The van der Waals surface area contributed by atoms with E-state index < -0.39 is 10.7 Å². The number of hydrogen-bond donors (Lipinski definition) is 1. The number of nitro groups is 1. The van der Waals surface area contributed by atoms with Crippen LogP contribution in [0.25, 0.3) is 0 Å². The average Bonchev–Trinajstić information content (AvgIpc) is 2.47. The summed E-state index contributed by atoms with van der Waals surface area (Å²) in [5, 5.41) is 13.8. The molecule has 5 nitrogen and oxygen atoms in total. The average molecular weight is 290 g/mol. The first-order valence-electron chi connectivity index (χ1n) is 6.34. The number of methoxy groups -OCH3 is 1. The van der Waals surface area contributed by atoms with Crippen molar-refractivity contribution in [2.75, 3.05) is 12.4 Å². The smallest absolute Gasteiger partial charge is 0.295 e. The first kappa shape index (κ1) is 14.9. The standard InChI is InChI=1S/C15H15FN2O3/c1-21-10-12-4-2-11(3-5-12)9-17-14-7-6-13(16)8-15(14)18(19)20/h2-8,17H,9-10H2,1H3. The summed E-state index contributed by atoms with van der Waals surface area (Å²) in [5.41, 5.74) is 2.04. The summed E-state index contributed by atoms with van der Waals surface area (Å²) in [6, 6.07) is 11.2. The third-order valence-corrected chi connectivity index (χ3v) is 2.97. The van der Waals surface area contributed by atoms with Crippen LogP contribution < -0.4 is 5.32 Å². The highest BCUT2D eigenvalue weighted by atomic mass is 19.1. The Morgan fingerprint density at radius 1 is 1.19 bits per heavy atom. The molecule has 0 unspecified atom stereocenters. The maximum atomic E-state index is 13.0. The quantitative estimate of drug-likeness (QED) is 0.653. The molecule has 0 heterocycles. The molecule has 1 N–H and O–H groups in total. The highest BCUT2D eigenvalue weighted by Gasteiger charge is 2.14. The molecule has 0 radical (unpaired) electrons. The molecule has 0 spiro atoms. The number of nitrogens with one attached hydrogen (secondary N) is 1. The van der Waals surface area contributed by atoms with Gasteiger partial charge in [-0.2, -0.15) is 0 Å². The van der Waals surface area contributed by atoms with Gasteiger partial charge in [-0.15, -0.1) is 0 Å². The Balaban J connectivity index is 2.07. The van der Waals surface area contributed by atoms with E-state index in [9.17, 15) is 14.5 Å². The zero-order chi connectivity index (χ0) is 15.2. The van der Waals surface area contributed by atoms with Gasteiger partial charge >= 0.3 is 0 Å². The van der Waals surface area contributed by atoms with E-state index in [1.165, 1.54) is 12.1 Å². The molecule has 0 aliphatic rings. The number of nitro benzene ring substituents is 1. The molecular formula is C15H15FN2O3. The van der Waals surface area contributed by atoms with Crippen molar-refractivity contribution in [3.05, 3.63) is 69.5 Å². The van der Waals surface area contributed by atoms with E-state index in [4.69, 9.17) is 4.74 Å². The van der Waals surface area contributed by atoms with Gasteiger partial charge < -0.3 is 10.1 Å². The molecule has 6 heteroatoms. The number of nitrogens with zero attached hydrogens (tertiary/aromatic N) is 1. The van der Waals surface area contributed by atoms with E-state index >= 15 is 0 Å². The minimum Gasteiger partial charge on any atom is -0.380 e. The van der Waals surface area contributed by atoms with Crippen LogP contribution in [0.1, 0.15) is 11.1 Å². The SMILES string of the molecule is COCc1ccc(CNc2ccc(F)cc2[N+](=O)[O-])cc1. The zero-order valence-corrected chi connectivity index (χ0v) is 11.5. The van der Waals surface area contributed by atoms with Crippen LogP contribution in [0.5, 0.6) is 0 Å². The molecule has 0 aliphatic carbocycles. The monoisotopic (exact) mass is 290 g/mol. The second kappa shape index (κ2) is 6.81. The Kier molecular flexibility index (Phi) is 4.84. The lowest BCUT2D eigenvalue weighted by molar-refractivity contribution is -0.384. The maximum absolute atomic E-state index is 13.0. The fraction of sp³-hybridized carbons (Fsp3) is 0.200. The first-order chi connectivity index (χ1) is 10.1. The zero-order valence-electron chi connectivity index (χ0n) is 11.5. The Hall–Kier alpha value is -2.47. The summed E-state index contributed by atoms with van der Waals surface area (Å²) in [6.07, 6.45) is 0. The van der Waals surface area contributed by atoms with Crippen LogP contribution in [0.3, 0.4) is 0 Å². The molecule has 2 aromatic rings. The van der Waals surface area contributed by atoms with E-state index in [2.05, 4.69) is 5.32 Å². The summed E-state index contributed by atoms with van der Waals surface area (Å²) in [5.74, 6) is -0.629. The maximum Gasteiger partial charge on any atom is 0.295 e. The van der Waals surface area contributed by atoms with Gasteiger partial charge in [0, 0.05) is 13.7 Å². The molecule has 110 valence electrons. The lowest BCUT2D eigenvalue weighted by atomic mass is 10.1. The van der Waals surface area contributed by atoms with Crippen molar-refractivity contribution in [1.82, 2.24) is 0 Å². The van der Waals surface area contributed by atoms with Crippen LogP contribution in [-0.4, -0.2) is 12.0 Å². The van der Waals surface area contributed by atoms with E-state index in [-0.39, 0.29) is 5.69 Å². The van der Waals surface area contributed by atoms with Crippen LogP contribution in [0.15, 0.2) is 42.5 Å². The molecule has 2 aromatic carbocycles. The van der Waals surface area contributed by atoms with Gasteiger partial charge in [-0.1, -0.05) is 24.3 Å². The van der Waals surface area contributed by atoms with Crippen LogP contribution in [0.2, 0.25) is 0 Å². The Bertz CT molecular complexity index is 629. The number of halogens is 1. The summed E-state index contributed by atoms with van der Waals surface area (Å²) >= 11 is 0. The lowest BCUT2D eigenvalue weighted by Gasteiger charge is -2.08. The van der Waals surface area contributed by atoms with Gasteiger partial charge in [-0.3, -0.25) is 10.1 Å². The molecule has 2 rings (SSSR count). The van der Waals surface area contributed by atoms with E-state index in [1.54, 1.807) is 7.11 Å². The van der Waals surface area contributed by atoms with Gasteiger partial charge in [0.1, 0.15) is 11.5 Å². The summed E-state index contributed by atoms with van der Waals surface area (Å²) < 4.78 is 18.1. The van der Waals surface area contributed by atoms with Crippen molar-refractivity contribution < 1.29 is 14.1 Å². The van der Waals surface area contributed by atoms with Crippen LogP contribution in [-0.2, 0) is 17.9 Å². The normalized spacial score (nSPS) is 10.4. The molecule has 0 aliphatic heterocycles. The fourth-order valence-corrected chi connectivity index (χ4v) is 1.92. The third kappa shape index (κ3) is 4.00. The molecule has 0 aromatic heterocycles. The number of benzene rings is 2. The molecular weight excluding hydrogens is 275 g/mol. The van der Waals surface area contributed by atoms with E-state index in [1.807, 2.05) is 24.3 Å². The third-order valence-electron chi connectivity index (χ3n) is 2.97. The molecule has 0 saturated carbocycles. The van der Waals surface area contributed by atoms with E-state index in [0.717, 1.165) is 17.2 Å². The van der Waals surface area contributed by atoms with Crippen molar-refractivity contribution in [2.24, 2.45) is 0 Å². The van der Waals surface area contributed by atoms with Crippen molar-refractivity contribution in [1.29, 1.82) is 0 Å². The fourth-order valence-electron chi connectivity index (χ4n) is 1.92. The Morgan fingerprint density at radius 2 is 1.86 bits per heavy atom. The van der Waals surface area contributed by atoms with Crippen molar-refractivity contribution in [2.45, 2.75) is 13.2 Å². The highest BCUT2D eigenvalue weighted by molar-refractivity contribution is 5.61. The van der Waals surface area contributed by atoms with Gasteiger partial charge in [-0.05, 0) is 23.3 Å². The van der Waals surface area contributed by atoms with Crippen molar-refractivity contribution in [3.63, 3.8) is 0 Å². The predicted molar refractivity (Wildman–Crippen MR) is 77.5 cm³/mol. The lowest BCUT2D eigenvalue weighted by Crippen LogP contribution is -2.03. The van der Waals surface area contributed by atoms with Gasteiger partial charge in [0.25, 0.3) is 5.69 Å². The summed E-state index contributed by atoms with van der Waals surface area (Å²) in [6.45, 7) is 0.955. The van der Waals surface area contributed by atoms with Crippen LogP contribution in [0, 0.1) is 15.9 Å². The molecule has 0 bridgehead atoms. The second-order valence-corrected chi connectivity index (χ2v) is 4.52. The number of hydrogen-bond acceptors (Lipinski definition) is 4. The summed E-state index contributed by atoms with van der Waals surface area (Å²) in [7, 11) is 1.63. The largest absolute Gasteiger partial charge is 0.380 e. The molecule has 0 atom stereocenters. The molecule has 21 heavy (non-hydrogen) atoms. The van der Waals surface area contributed by atoms with Gasteiger partial charge in [-0.25, -0.2) is 4.39 Å². The number of ether oxygens (including phenoxy) is 1. The second-order valence-electron chi connectivity index (χ2n) is 4.52. The van der Waals surface area contributed by atoms with Gasteiger partial charge in [0.05, 0.1) is 17.6 Å². The first-order valence-corrected chi connectivity index (χ1v) is 6.34. The van der Waals surface area contributed by atoms with Crippen LogP contribution in [0.4, 0.5) is 15.8 Å². The molecule has 0 fully saturated rings. The molecule has 0 amide bonds.